The van der Waals surface area contributed by atoms with Gasteiger partial charge in [0.1, 0.15) is 17.1 Å². The number of carbonyl (C=O) groups excluding carboxylic acids is 1. The van der Waals surface area contributed by atoms with E-state index in [1.807, 2.05) is 42.5 Å². The first-order valence-electron chi connectivity index (χ1n) is 9.47. The Labute approximate surface area is 166 Å². The monoisotopic (exact) mass is 382 g/mol. The smallest absolute Gasteiger partial charge is 0.339 e. The van der Waals surface area contributed by atoms with E-state index in [0.717, 1.165) is 32.3 Å². The highest BCUT2D eigenvalue weighted by atomic mass is 16.4. The molecule has 29 heavy (non-hydrogen) atoms. The Bertz CT molecular complexity index is 1380. The molecule has 1 atom stereocenters. The molecule has 4 heteroatoms. The molecular formula is C25H18O4. The Morgan fingerprint density at radius 3 is 2.24 bits per heavy atom. The summed E-state index contributed by atoms with van der Waals surface area (Å²) in [7, 11) is 0. The third-order valence-corrected chi connectivity index (χ3v) is 6.21. The molecule has 4 aromatic rings. The first-order valence-corrected chi connectivity index (χ1v) is 9.47. The van der Waals surface area contributed by atoms with Crippen LogP contribution in [0.5, 0.6) is 5.75 Å². The number of benzene rings is 4. The highest BCUT2D eigenvalue weighted by Crippen LogP contribution is 2.46. The van der Waals surface area contributed by atoms with Crippen LogP contribution in [0, 0.1) is 0 Å². The van der Waals surface area contributed by atoms with Gasteiger partial charge in [-0.15, -0.1) is 0 Å². The van der Waals surface area contributed by atoms with Crippen LogP contribution in [0.25, 0.3) is 27.6 Å². The minimum Gasteiger partial charge on any atom is -0.507 e. The summed E-state index contributed by atoms with van der Waals surface area (Å²) < 4.78 is 0. The Balaban J connectivity index is 1.98. The van der Waals surface area contributed by atoms with Gasteiger partial charge < -0.3 is 10.2 Å². The molecule has 0 heterocycles. The average molecular weight is 382 g/mol. The van der Waals surface area contributed by atoms with Crippen LogP contribution in [0.2, 0.25) is 0 Å². The molecule has 1 aliphatic carbocycles. The molecule has 0 bridgehead atoms. The summed E-state index contributed by atoms with van der Waals surface area (Å²) in [6.07, 6.45) is 2.34. The summed E-state index contributed by atoms with van der Waals surface area (Å²) >= 11 is 0. The van der Waals surface area contributed by atoms with Crippen LogP contribution in [0.1, 0.15) is 34.8 Å². The molecule has 0 spiro atoms. The van der Waals surface area contributed by atoms with Crippen molar-refractivity contribution in [1.82, 2.24) is 0 Å². The van der Waals surface area contributed by atoms with E-state index in [4.69, 9.17) is 0 Å². The van der Waals surface area contributed by atoms with Crippen molar-refractivity contribution in [1.29, 1.82) is 0 Å². The quantitative estimate of drug-likeness (QED) is 0.558. The Morgan fingerprint density at radius 1 is 0.862 bits per heavy atom. The highest BCUT2D eigenvalue weighted by Gasteiger charge is 2.44. The molecule has 0 saturated heterocycles. The molecule has 1 unspecified atom stereocenters. The summed E-state index contributed by atoms with van der Waals surface area (Å²) in [6, 6.07) is 18.7. The molecule has 4 nitrogen and oxygen atoms in total. The van der Waals surface area contributed by atoms with E-state index in [9.17, 15) is 19.8 Å². The van der Waals surface area contributed by atoms with Crippen molar-refractivity contribution in [3.05, 3.63) is 82.6 Å². The first kappa shape index (κ1) is 17.4. The summed E-state index contributed by atoms with van der Waals surface area (Å²) in [4.78, 5) is 25.2. The van der Waals surface area contributed by atoms with Crippen molar-refractivity contribution < 1.29 is 19.8 Å². The third-order valence-electron chi connectivity index (χ3n) is 6.21. The fraction of sp³-hybridized carbons (Fsp3) is 0.120. The van der Waals surface area contributed by atoms with Crippen molar-refractivity contribution in [3.63, 3.8) is 0 Å². The molecule has 0 radical (unpaired) electrons. The van der Waals surface area contributed by atoms with E-state index in [-0.39, 0.29) is 17.1 Å². The lowest BCUT2D eigenvalue weighted by Crippen LogP contribution is -2.40. The molecule has 0 amide bonds. The van der Waals surface area contributed by atoms with Crippen molar-refractivity contribution in [3.8, 4) is 5.75 Å². The fourth-order valence-corrected chi connectivity index (χ4v) is 4.91. The number of rotatable bonds is 3. The maximum atomic E-state index is 13.2. The van der Waals surface area contributed by atoms with Crippen LogP contribution in [-0.2, 0) is 10.2 Å². The number of ketones is 1. The lowest BCUT2D eigenvalue weighted by atomic mass is 9.64. The molecule has 2 N–H and O–H groups in total. The lowest BCUT2D eigenvalue weighted by molar-refractivity contribution is -0.120. The van der Waals surface area contributed by atoms with Gasteiger partial charge in [-0.05, 0) is 57.3 Å². The van der Waals surface area contributed by atoms with Gasteiger partial charge in [0.15, 0.2) is 0 Å². The maximum absolute atomic E-state index is 13.2. The molecule has 0 aliphatic heterocycles. The lowest BCUT2D eigenvalue weighted by Gasteiger charge is -2.36. The Morgan fingerprint density at radius 2 is 1.55 bits per heavy atom. The zero-order valence-electron chi connectivity index (χ0n) is 15.8. The van der Waals surface area contributed by atoms with Gasteiger partial charge in [-0.1, -0.05) is 60.7 Å². The van der Waals surface area contributed by atoms with E-state index >= 15 is 0 Å². The van der Waals surface area contributed by atoms with Gasteiger partial charge in [0.25, 0.3) is 0 Å². The second-order valence-electron chi connectivity index (χ2n) is 7.60. The van der Waals surface area contributed by atoms with Crippen LogP contribution in [0.15, 0.2) is 60.7 Å². The second kappa shape index (κ2) is 5.92. The van der Waals surface area contributed by atoms with Gasteiger partial charge in [0, 0.05) is 0 Å². The van der Waals surface area contributed by atoms with Gasteiger partial charge in [0.2, 0.25) is 0 Å². The predicted octanol–water partition coefficient (Wildman–Crippen LogP) is 4.18. The van der Waals surface area contributed by atoms with Crippen molar-refractivity contribution in [2.45, 2.75) is 18.8 Å². The SMILES string of the molecule is CC(=O)C1(c2cccc(O)c2C(=O)O)CC=c2ccc3cccc4ccc1c2c43. The van der Waals surface area contributed by atoms with Gasteiger partial charge in [0.05, 0.1) is 5.41 Å². The van der Waals surface area contributed by atoms with Gasteiger partial charge in [-0.2, -0.15) is 0 Å². The number of phenols is 1. The summed E-state index contributed by atoms with van der Waals surface area (Å²) in [5.41, 5.74) is -0.264. The Hall–Kier alpha value is -3.66. The molecule has 0 fully saturated rings. The molecule has 5 rings (SSSR count). The van der Waals surface area contributed by atoms with E-state index in [0.29, 0.717) is 12.0 Å². The standard InChI is InChI=1S/C25H18O4/c1-14(26)25(18-6-3-7-20(27)23(18)24(28)29)13-12-17-9-8-15-4-2-5-16-10-11-19(25)22(17)21(15)16/h2-12,27H,13H2,1H3,(H,28,29). The summed E-state index contributed by atoms with van der Waals surface area (Å²) in [5.74, 6) is -1.73. The van der Waals surface area contributed by atoms with Crippen LogP contribution < -0.4 is 5.22 Å². The zero-order chi connectivity index (χ0) is 20.3. The number of carboxylic acids is 1. The number of hydrogen-bond donors (Lipinski definition) is 2. The van der Waals surface area contributed by atoms with Crippen LogP contribution in [0.4, 0.5) is 0 Å². The van der Waals surface area contributed by atoms with Gasteiger partial charge >= 0.3 is 5.97 Å². The van der Waals surface area contributed by atoms with E-state index in [1.165, 1.54) is 13.0 Å². The number of carboxylic acid groups (broad SMARTS) is 1. The van der Waals surface area contributed by atoms with E-state index in [1.54, 1.807) is 12.1 Å². The molecule has 0 aromatic heterocycles. The molecule has 1 aliphatic rings. The van der Waals surface area contributed by atoms with Crippen LogP contribution >= 0.6 is 0 Å². The number of Topliss-reactive ketones (excluding diaryl/α,β-unsaturated/α-hetero) is 1. The van der Waals surface area contributed by atoms with Crippen molar-refractivity contribution in [2.24, 2.45) is 0 Å². The number of aromatic hydroxyl groups is 1. The van der Waals surface area contributed by atoms with E-state index < -0.39 is 11.4 Å². The number of aromatic carboxylic acids is 1. The average Bonchev–Trinajstić information content (AvgIpc) is 2.71. The number of hydrogen-bond acceptors (Lipinski definition) is 3. The zero-order valence-corrected chi connectivity index (χ0v) is 15.8. The van der Waals surface area contributed by atoms with Crippen molar-refractivity contribution >= 4 is 39.4 Å². The normalized spacial score (nSPS) is 18.0. The Kier molecular flexibility index (Phi) is 3.56. The third kappa shape index (κ3) is 2.20. The predicted molar refractivity (Wildman–Crippen MR) is 112 cm³/mol. The fourth-order valence-electron chi connectivity index (χ4n) is 4.91. The van der Waals surface area contributed by atoms with Crippen LogP contribution in [-0.4, -0.2) is 22.0 Å². The molecular weight excluding hydrogens is 364 g/mol. The molecule has 0 saturated carbocycles. The molecule has 142 valence electrons. The second-order valence-corrected chi connectivity index (χ2v) is 7.60. The molecule has 4 aromatic carbocycles. The van der Waals surface area contributed by atoms with Gasteiger partial charge in [-0.3, -0.25) is 4.79 Å². The largest absolute Gasteiger partial charge is 0.507 e. The first-order chi connectivity index (χ1) is 13.9. The van der Waals surface area contributed by atoms with Crippen molar-refractivity contribution in [2.75, 3.05) is 0 Å². The van der Waals surface area contributed by atoms with E-state index in [2.05, 4.69) is 6.07 Å². The van der Waals surface area contributed by atoms with Crippen LogP contribution in [0.3, 0.4) is 0 Å². The summed E-state index contributed by atoms with van der Waals surface area (Å²) in [6.45, 7) is 1.50. The minimum absolute atomic E-state index is 0.150. The summed E-state index contributed by atoms with van der Waals surface area (Å²) in [5, 5.41) is 25.3. The number of carbonyl (C=O) groups is 2. The maximum Gasteiger partial charge on any atom is 0.339 e. The van der Waals surface area contributed by atoms with Gasteiger partial charge in [-0.25, -0.2) is 4.79 Å². The topological polar surface area (TPSA) is 74.6 Å². The highest BCUT2D eigenvalue weighted by molar-refractivity contribution is 6.14. The minimum atomic E-state index is -1.25.